The number of hydrogen-bond acceptors (Lipinski definition) is 2. The highest BCUT2D eigenvalue weighted by atomic mass is 16.1. The maximum atomic E-state index is 10.7. The molecule has 1 unspecified atom stereocenters. The Bertz CT molecular complexity index is 130. The van der Waals surface area contributed by atoms with Crippen LogP contribution in [-0.2, 0) is 4.79 Å². The fraction of sp³-hybridized carbons (Fsp3) is 0.917. The second kappa shape index (κ2) is 13.4. The fourth-order valence-corrected chi connectivity index (χ4v) is 1.45. The van der Waals surface area contributed by atoms with Crippen molar-refractivity contribution in [2.45, 2.75) is 59.9 Å². The monoisotopic (exact) mass is 216 g/mol. The van der Waals surface area contributed by atoms with Gasteiger partial charge in [-0.1, -0.05) is 27.7 Å². The van der Waals surface area contributed by atoms with E-state index in [2.05, 4.69) is 10.6 Å². The van der Waals surface area contributed by atoms with Gasteiger partial charge < -0.3 is 10.6 Å². The first kappa shape index (κ1) is 16.8. The Kier molecular flexibility index (Phi) is 15.1. The molecule has 2 N–H and O–H groups in total. The van der Waals surface area contributed by atoms with Crippen LogP contribution in [0.1, 0.15) is 53.9 Å². The number of nitrogens with one attached hydrogen (secondary N) is 2. The van der Waals surface area contributed by atoms with Gasteiger partial charge in [0.05, 0.1) is 0 Å². The fourth-order valence-electron chi connectivity index (χ4n) is 1.45. The predicted octanol–water partition coefficient (Wildman–Crippen LogP) is 2.32. The summed E-state index contributed by atoms with van der Waals surface area (Å²) >= 11 is 0. The van der Waals surface area contributed by atoms with Gasteiger partial charge in [0.15, 0.2) is 0 Å². The molecule has 0 spiro atoms. The molecule has 1 heterocycles. The Hall–Kier alpha value is -0.570. The summed E-state index contributed by atoms with van der Waals surface area (Å²) in [5, 5.41) is 6.24. The highest BCUT2D eigenvalue weighted by Gasteiger charge is 2.11. The van der Waals surface area contributed by atoms with Crippen LogP contribution in [0.5, 0.6) is 0 Å². The van der Waals surface area contributed by atoms with E-state index in [1.165, 1.54) is 6.42 Å². The first-order chi connectivity index (χ1) is 7.29. The van der Waals surface area contributed by atoms with Gasteiger partial charge in [0.2, 0.25) is 5.91 Å². The summed E-state index contributed by atoms with van der Waals surface area (Å²) in [5.41, 5.74) is 0. The lowest BCUT2D eigenvalue weighted by molar-refractivity contribution is -0.119. The summed E-state index contributed by atoms with van der Waals surface area (Å²) < 4.78 is 0. The number of carbonyl (C=O) groups excluding carboxylic acids is 1. The normalized spacial score (nSPS) is 19.7. The molecule has 1 aliphatic heterocycles. The van der Waals surface area contributed by atoms with Crippen LogP contribution < -0.4 is 10.6 Å². The minimum Gasteiger partial charge on any atom is -0.354 e. The molecule has 0 radical (unpaired) electrons. The van der Waals surface area contributed by atoms with Crippen molar-refractivity contribution in [1.82, 2.24) is 10.6 Å². The lowest BCUT2D eigenvalue weighted by Crippen LogP contribution is -2.33. The minimum absolute atomic E-state index is 0.0944. The van der Waals surface area contributed by atoms with Crippen molar-refractivity contribution in [2.24, 2.45) is 0 Å². The maximum Gasteiger partial charge on any atom is 0.217 e. The van der Waals surface area contributed by atoms with Crippen LogP contribution in [-0.4, -0.2) is 25.0 Å². The van der Waals surface area contributed by atoms with E-state index >= 15 is 0 Å². The van der Waals surface area contributed by atoms with Crippen molar-refractivity contribution in [3.05, 3.63) is 0 Å². The van der Waals surface area contributed by atoms with E-state index in [0.717, 1.165) is 25.9 Å². The molecule has 3 heteroatoms. The zero-order valence-electron chi connectivity index (χ0n) is 11.0. The molecule has 0 aromatic carbocycles. The van der Waals surface area contributed by atoms with Crippen LogP contribution in [0.4, 0.5) is 0 Å². The SMILES string of the molecule is CC.CC.CC(=O)NC1CCCNCC1. The van der Waals surface area contributed by atoms with Gasteiger partial charge in [-0.3, -0.25) is 4.79 Å². The molecule has 92 valence electrons. The smallest absolute Gasteiger partial charge is 0.217 e. The molecule has 1 fully saturated rings. The molecule has 1 atom stereocenters. The lowest BCUT2D eigenvalue weighted by Gasteiger charge is -2.13. The minimum atomic E-state index is 0.0944. The average molecular weight is 216 g/mol. The van der Waals surface area contributed by atoms with E-state index in [4.69, 9.17) is 0 Å². The molecule has 0 aromatic heterocycles. The molecule has 1 aliphatic rings. The second-order valence-electron chi connectivity index (χ2n) is 3.08. The highest BCUT2D eigenvalue weighted by molar-refractivity contribution is 5.73. The van der Waals surface area contributed by atoms with Crippen molar-refractivity contribution >= 4 is 5.91 Å². The molecule has 0 aromatic rings. The van der Waals surface area contributed by atoms with Crippen molar-refractivity contribution in [3.8, 4) is 0 Å². The van der Waals surface area contributed by atoms with Gasteiger partial charge in [-0.25, -0.2) is 0 Å². The molecule has 1 saturated heterocycles. The van der Waals surface area contributed by atoms with Crippen LogP contribution in [0, 0.1) is 0 Å². The molecule has 0 saturated carbocycles. The number of rotatable bonds is 1. The first-order valence-corrected chi connectivity index (χ1v) is 6.27. The van der Waals surface area contributed by atoms with E-state index in [1.54, 1.807) is 6.92 Å². The van der Waals surface area contributed by atoms with Gasteiger partial charge in [-0.15, -0.1) is 0 Å². The zero-order valence-corrected chi connectivity index (χ0v) is 11.0. The summed E-state index contributed by atoms with van der Waals surface area (Å²) in [6.07, 6.45) is 3.36. The molecule has 15 heavy (non-hydrogen) atoms. The summed E-state index contributed by atoms with van der Waals surface area (Å²) in [7, 11) is 0. The van der Waals surface area contributed by atoms with Crippen molar-refractivity contribution in [2.75, 3.05) is 13.1 Å². The third-order valence-corrected chi connectivity index (χ3v) is 1.98. The standard InChI is InChI=1S/C8H16N2O.2C2H6/c1-7(11)10-8-3-2-5-9-6-4-8;2*1-2/h8-9H,2-6H2,1H3,(H,10,11);2*1-2H3. The number of hydrogen-bond donors (Lipinski definition) is 2. The Morgan fingerprint density at radius 3 is 2.27 bits per heavy atom. The third kappa shape index (κ3) is 11.4. The van der Waals surface area contributed by atoms with Gasteiger partial charge in [0.25, 0.3) is 0 Å². The second-order valence-corrected chi connectivity index (χ2v) is 3.08. The van der Waals surface area contributed by atoms with E-state index in [-0.39, 0.29) is 5.91 Å². The summed E-state index contributed by atoms with van der Waals surface area (Å²) in [6, 6.07) is 0.405. The Morgan fingerprint density at radius 2 is 1.73 bits per heavy atom. The van der Waals surface area contributed by atoms with E-state index in [0.29, 0.717) is 6.04 Å². The predicted molar refractivity (Wildman–Crippen MR) is 67.0 cm³/mol. The Balaban J connectivity index is 0. The Morgan fingerprint density at radius 1 is 1.13 bits per heavy atom. The highest BCUT2D eigenvalue weighted by Crippen LogP contribution is 2.04. The van der Waals surface area contributed by atoms with Crippen LogP contribution >= 0.6 is 0 Å². The van der Waals surface area contributed by atoms with Crippen LogP contribution in [0.2, 0.25) is 0 Å². The number of carbonyl (C=O) groups is 1. The van der Waals surface area contributed by atoms with Crippen LogP contribution in [0.25, 0.3) is 0 Å². The van der Waals surface area contributed by atoms with Gasteiger partial charge in [0, 0.05) is 13.0 Å². The molecule has 1 rings (SSSR count). The molecule has 3 nitrogen and oxygen atoms in total. The van der Waals surface area contributed by atoms with E-state index in [1.807, 2.05) is 27.7 Å². The van der Waals surface area contributed by atoms with E-state index < -0.39 is 0 Å². The van der Waals surface area contributed by atoms with E-state index in [9.17, 15) is 4.79 Å². The molecular formula is C12H28N2O. The summed E-state index contributed by atoms with van der Waals surface area (Å²) in [6.45, 7) is 11.7. The molecule has 0 aliphatic carbocycles. The van der Waals surface area contributed by atoms with Gasteiger partial charge >= 0.3 is 0 Å². The lowest BCUT2D eigenvalue weighted by atomic mass is 10.1. The third-order valence-electron chi connectivity index (χ3n) is 1.98. The topological polar surface area (TPSA) is 41.1 Å². The summed E-state index contributed by atoms with van der Waals surface area (Å²) in [5.74, 6) is 0.0944. The molecule has 0 bridgehead atoms. The van der Waals surface area contributed by atoms with Gasteiger partial charge in [-0.2, -0.15) is 0 Å². The maximum absolute atomic E-state index is 10.7. The number of amides is 1. The zero-order chi connectivity index (χ0) is 12.1. The van der Waals surface area contributed by atoms with Crippen LogP contribution in [0.15, 0.2) is 0 Å². The molecular weight excluding hydrogens is 188 g/mol. The summed E-state index contributed by atoms with van der Waals surface area (Å²) in [4.78, 5) is 10.7. The molecule has 1 amide bonds. The van der Waals surface area contributed by atoms with Gasteiger partial charge in [0.1, 0.15) is 0 Å². The van der Waals surface area contributed by atoms with Crippen molar-refractivity contribution < 1.29 is 4.79 Å². The first-order valence-electron chi connectivity index (χ1n) is 6.27. The average Bonchev–Trinajstić information content (AvgIpc) is 2.52. The van der Waals surface area contributed by atoms with Gasteiger partial charge in [-0.05, 0) is 32.4 Å². The van der Waals surface area contributed by atoms with Crippen LogP contribution in [0.3, 0.4) is 0 Å². The van der Waals surface area contributed by atoms with Crippen molar-refractivity contribution in [1.29, 1.82) is 0 Å². The van der Waals surface area contributed by atoms with Crippen molar-refractivity contribution in [3.63, 3.8) is 0 Å². The quantitative estimate of drug-likeness (QED) is 0.706. The Labute approximate surface area is 95.0 Å². The largest absolute Gasteiger partial charge is 0.354 e.